The summed E-state index contributed by atoms with van der Waals surface area (Å²) in [5.74, 6) is 0.116. The number of likely N-dealkylation sites (N-methyl/N-ethyl adjacent to an activating group) is 1. The Hall–Kier alpha value is -2.20. The maximum Gasteiger partial charge on any atom is 0.227 e. The summed E-state index contributed by atoms with van der Waals surface area (Å²) >= 11 is 0. The Morgan fingerprint density at radius 1 is 1.23 bits per heavy atom. The van der Waals surface area contributed by atoms with E-state index in [2.05, 4.69) is 35.1 Å². The van der Waals surface area contributed by atoms with Crippen molar-refractivity contribution < 1.29 is 4.79 Å². The SMILES string of the molecule is CN1Cc2ccc(CN(C)C(=O)Cc3cccnc3)cc2C1. The molecule has 0 N–H and O–H groups in total. The topological polar surface area (TPSA) is 36.4 Å². The lowest BCUT2D eigenvalue weighted by molar-refractivity contribution is -0.129. The Bertz CT molecular complexity index is 669. The van der Waals surface area contributed by atoms with Crippen LogP contribution in [0.2, 0.25) is 0 Å². The number of pyridine rings is 1. The van der Waals surface area contributed by atoms with Crippen LogP contribution in [0, 0.1) is 0 Å². The van der Waals surface area contributed by atoms with E-state index in [1.165, 1.54) is 16.7 Å². The smallest absolute Gasteiger partial charge is 0.227 e. The number of fused-ring (bicyclic) bond motifs is 1. The molecule has 0 bridgehead atoms. The van der Waals surface area contributed by atoms with Crippen molar-refractivity contribution in [2.75, 3.05) is 14.1 Å². The van der Waals surface area contributed by atoms with Crippen molar-refractivity contribution in [1.29, 1.82) is 0 Å². The quantitative estimate of drug-likeness (QED) is 0.868. The molecular weight excluding hydrogens is 274 g/mol. The molecule has 2 aromatic rings. The lowest BCUT2D eigenvalue weighted by Gasteiger charge is -2.18. The molecule has 1 aliphatic heterocycles. The lowest BCUT2D eigenvalue weighted by Crippen LogP contribution is -2.27. The predicted octanol–water partition coefficient (Wildman–Crippen LogP) is 2.23. The first kappa shape index (κ1) is 14.7. The van der Waals surface area contributed by atoms with Crippen molar-refractivity contribution in [3.05, 3.63) is 65.0 Å². The van der Waals surface area contributed by atoms with Gasteiger partial charge in [0.2, 0.25) is 5.91 Å². The van der Waals surface area contributed by atoms with Crippen LogP contribution in [-0.2, 0) is 30.8 Å². The molecule has 0 radical (unpaired) electrons. The summed E-state index contributed by atoms with van der Waals surface area (Å²) in [4.78, 5) is 20.4. The number of benzene rings is 1. The monoisotopic (exact) mass is 295 g/mol. The minimum Gasteiger partial charge on any atom is -0.341 e. The highest BCUT2D eigenvalue weighted by Gasteiger charge is 2.16. The molecule has 4 nitrogen and oxygen atoms in total. The van der Waals surface area contributed by atoms with Crippen molar-refractivity contribution in [2.45, 2.75) is 26.1 Å². The van der Waals surface area contributed by atoms with Gasteiger partial charge in [0.05, 0.1) is 6.42 Å². The molecule has 0 fully saturated rings. The first-order valence-corrected chi connectivity index (χ1v) is 7.54. The molecule has 0 aliphatic carbocycles. The number of amides is 1. The molecule has 0 unspecified atom stereocenters. The van der Waals surface area contributed by atoms with E-state index < -0.39 is 0 Å². The van der Waals surface area contributed by atoms with Gasteiger partial charge in [-0.05, 0) is 35.4 Å². The highest BCUT2D eigenvalue weighted by molar-refractivity contribution is 5.78. The van der Waals surface area contributed by atoms with E-state index in [-0.39, 0.29) is 5.91 Å². The van der Waals surface area contributed by atoms with Crippen molar-refractivity contribution in [3.8, 4) is 0 Å². The number of nitrogens with zero attached hydrogens (tertiary/aromatic N) is 3. The molecule has 114 valence electrons. The van der Waals surface area contributed by atoms with E-state index in [0.717, 1.165) is 18.7 Å². The van der Waals surface area contributed by atoms with E-state index in [1.807, 2.05) is 19.2 Å². The third-order valence-corrected chi connectivity index (χ3v) is 4.07. The maximum absolute atomic E-state index is 12.3. The third kappa shape index (κ3) is 3.34. The van der Waals surface area contributed by atoms with Gasteiger partial charge in [0.25, 0.3) is 0 Å². The largest absolute Gasteiger partial charge is 0.341 e. The molecule has 22 heavy (non-hydrogen) atoms. The molecule has 1 aromatic carbocycles. The summed E-state index contributed by atoms with van der Waals surface area (Å²) in [7, 11) is 3.99. The fraction of sp³-hybridized carbons (Fsp3) is 0.333. The highest BCUT2D eigenvalue weighted by atomic mass is 16.2. The first-order chi connectivity index (χ1) is 10.6. The summed E-state index contributed by atoms with van der Waals surface area (Å²) in [5.41, 5.74) is 4.93. The van der Waals surface area contributed by atoms with Crippen LogP contribution >= 0.6 is 0 Å². The number of carbonyl (C=O) groups excluding carboxylic acids is 1. The zero-order valence-corrected chi connectivity index (χ0v) is 13.1. The molecule has 0 spiro atoms. The van der Waals surface area contributed by atoms with E-state index in [1.54, 1.807) is 17.3 Å². The van der Waals surface area contributed by atoms with Crippen LogP contribution in [-0.4, -0.2) is 34.8 Å². The van der Waals surface area contributed by atoms with Crippen LogP contribution in [0.25, 0.3) is 0 Å². The van der Waals surface area contributed by atoms with Gasteiger partial charge in [-0.15, -0.1) is 0 Å². The van der Waals surface area contributed by atoms with Gasteiger partial charge in [-0.3, -0.25) is 14.7 Å². The van der Waals surface area contributed by atoms with Gasteiger partial charge in [-0.2, -0.15) is 0 Å². The molecule has 0 saturated heterocycles. The normalized spacial score (nSPS) is 13.9. The minimum absolute atomic E-state index is 0.116. The standard InChI is InChI=1S/C18H21N3O/c1-20-12-16-6-5-15(8-17(16)13-20)11-21(2)18(22)9-14-4-3-7-19-10-14/h3-8,10H,9,11-13H2,1-2H3. The van der Waals surface area contributed by atoms with E-state index in [4.69, 9.17) is 0 Å². The second kappa shape index (κ2) is 6.28. The second-order valence-corrected chi connectivity index (χ2v) is 6.06. The van der Waals surface area contributed by atoms with Crippen molar-refractivity contribution >= 4 is 5.91 Å². The van der Waals surface area contributed by atoms with Crippen LogP contribution in [0.5, 0.6) is 0 Å². The second-order valence-electron chi connectivity index (χ2n) is 6.06. The third-order valence-electron chi connectivity index (χ3n) is 4.07. The molecule has 1 aliphatic rings. The fourth-order valence-electron chi connectivity index (χ4n) is 2.89. The summed E-state index contributed by atoms with van der Waals surface area (Å²) in [5, 5.41) is 0. The van der Waals surface area contributed by atoms with E-state index >= 15 is 0 Å². The molecular formula is C18H21N3O. The minimum atomic E-state index is 0.116. The molecule has 1 amide bonds. The molecule has 1 aromatic heterocycles. The Morgan fingerprint density at radius 2 is 2.05 bits per heavy atom. The molecule has 2 heterocycles. The predicted molar refractivity (Wildman–Crippen MR) is 86.0 cm³/mol. The van der Waals surface area contributed by atoms with Gasteiger partial charge in [-0.25, -0.2) is 0 Å². The molecule has 4 heteroatoms. The van der Waals surface area contributed by atoms with Gasteiger partial charge < -0.3 is 4.90 Å². The average Bonchev–Trinajstić information content (AvgIpc) is 2.87. The van der Waals surface area contributed by atoms with E-state index in [9.17, 15) is 4.79 Å². The zero-order chi connectivity index (χ0) is 15.5. The van der Waals surface area contributed by atoms with E-state index in [0.29, 0.717) is 13.0 Å². The van der Waals surface area contributed by atoms with Gasteiger partial charge in [0.15, 0.2) is 0 Å². The summed E-state index contributed by atoms with van der Waals surface area (Å²) < 4.78 is 0. The molecule has 3 rings (SSSR count). The summed E-state index contributed by atoms with van der Waals surface area (Å²) in [6.07, 6.45) is 3.87. The zero-order valence-electron chi connectivity index (χ0n) is 13.1. The Morgan fingerprint density at radius 3 is 2.82 bits per heavy atom. The van der Waals surface area contributed by atoms with Gasteiger partial charge in [-0.1, -0.05) is 24.3 Å². The van der Waals surface area contributed by atoms with Crippen LogP contribution in [0.3, 0.4) is 0 Å². The Kier molecular flexibility index (Phi) is 4.20. The van der Waals surface area contributed by atoms with Gasteiger partial charge in [0, 0.05) is 39.1 Å². The summed E-state index contributed by atoms with van der Waals surface area (Å²) in [6.45, 7) is 2.66. The highest BCUT2D eigenvalue weighted by Crippen LogP contribution is 2.22. The number of aromatic nitrogens is 1. The lowest BCUT2D eigenvalue weighted by atomic mass is 10.1. The Balaban J connectivity index is 1.63. The number of carbonyl (C=O) groups is 1. The van der Waals surface area contributed by atoms with Gasteiger partial charge in [0.1, 0.15) is 0 Å². The van der Waals surface area contributed by atoms with Crippen LogP contribution < -0.4 is 0 Å². The Labute approximate surface area is 131 Å². The van der Waals surface area contributed by atoms with Crippen LogP contribution in [0.4, 0.5) is 0 Å². The number of hydrogen-bond acceptors (Lipinski definition) is 3. The maximum atomic E-state index is 12.3. The van der Waals surface area contributed by atoms with Crippen molar-refractivity contribution in [3.63, 3.8) is 0 Å². The fourth-order valence-corrected chi connectivity index (χ4v) is 2.89. The summed E-state index contributed by atoms with van der Waals surface area (Å²) in [6, 6.07) is 10.3. The van der Waals surface area contributed by atoms with Gasteiger partial charge >= 0.3 is 0 Å². The van der Waals surface area contributed by atoms with Crippen molar-refractivity contribution in [1.82, 2.24) is 14.8 Å². The average molecular weight is 295 g/mol. The first-order valence-electron chi connectivity index (χ1n) is 7.54. The van der Waals surface area contributed by atoms with Crippen molar-refractivity contribution in [2.24, 2.45) is 0 Å². The van der Waals surface area contributed by atoms with Crippen LogP contribution in [0.1, 0.15) is 22.3 Å². The molecule has 0 atom stereocenters. The van der Waals surface area contributed by atoms with Crippen LogP contribution in [0.15, 0.2) is 42.7 Å². The molecule has 0 saturated carbocycles. The number of rotatable bonds is 4. The number of hydrogen-bond donors (Lipinski definition) is 0.